The van der Waals surface area contributed by atoms with E-state index in [0.29, 0.717) is 0 Å². The largest absolute Gasteiger partial charge is 0.547 e. The van der Waals surface area contributed by atoms with Crippen LogP contribution in [0.2, 0.25) is 19.6 Å². The second-order valence-corrected chi connectivity index (χ2v) is 10.1. The lowest BCUT2D eigenvalue weighted by Gasteiger charge is -2.21. The minimum Gasteiger partial charge on any atom is -0.547 e. The fourth-order valence-corrected chi connectivity index (χ4v) is 3.24. The highest BCUT2D eigenvalue weighted by molar-refractivity contribution is 6.70. The van der Waals surface area contributed by atoms with E-state index < -0.39 is 8.32 Å². The van der Waals surface area contributed by atoms with Crippen molar-refractivity contribution in [1.29, 1.82) is 0 Å². The van der Waals surface area contributed by atoms with E-state index in [4.69, 9.17) is 4.43 Å². The van der Waals surface area contributed by atoms with Crippen LogP contribution in [-0.2, 0) is 4.43 Å². The molecule has 1 unspecified atom stereocenters. The van der Waals surface area contributed by atoms with Crippen molar-refractivity contribution in [1.82, 2.24) is 0 Å². The predicted octanol–water partition coefficient (Wildman–Crippen LogP) is 4.18. The Kier molecular flexibility index (Phi) is 3.46. The van der Waals surface area contributed by atoms with E-state index in [1.54, 1.807) is 0 Å². The Labute approximate surface area is 89.7 Å². The Balaban J connectivity index is 2.71. The maximum absolute atomic E-state index is 6.11. The van der Waals surface area contributed by atoms with Gasteiger partial charge in [-0.2, -0.15) is 0 Å². The maximum Gasteiger partial charge on any atom is 0.241 e. The quantitative estimate of drug-likeness (QED) is 0.638. The highest BCUT2D eigenvalue weighted by atomic mass is 28.4. The molecule has 0 spiro atoms. The van der Waals surface area contributed by atoms with Crippen molar-refractivity contribution >= 4 is 8.32 Å². The molecule has 0 saturated carbocycles. The topological polar surface area (TPSA) is 9.23 Å². The average Bonchev–Trinajstić information content (AvgIpc) is 2.29. The van der Waals surface area contributed by atoms with E-state index in [2.05, 4.69) is 40.4 Å². The van der Waals surface area contributed by atoms with Crippen molar-refractivity contribution in [3.05, 3.63) is 11.3 Å². The van der Waals surface area contributed by atoms with Crippen molar-refractivity contribution in [3.8, 4) is 0 Å². The zero-order valence-electron chi connectivity index (χ0n) is 10.5. The van der Waals surface area contributed by atoms with Crippen LogP contribution in [0.5, 0.6) is 0 Å². The summed E-state index contributed by atoms with van der Waals surface area (Å²) in [4.78, 5) is 0. The summed E-state index contributed by atoms with van der Waals surface area (Å²) in [5.74, 6) is 2.84. The zero-order chi connectivity index (χ0) is 10.9. The zero-order valence-corrected chi connectivity index (χ0v) is 11.5. The van der Waals surface area contributed by atoms with Crippen LogP contribution in [0.4, 0.5) is 0 Å². The summed E-state index contributed by atoms with van der Waals surface area (Å²) in [7, 11) is -1.39. The lowest BCUT2D eigenvalue weighted by atomic mass is 9.90. The summed E-state index contributed by atoms with van der Waals surface area (Å²) >= 11 is 0. The van der Waals surface area contributed by atoms with Crippen LogP contribution in [0.25, 0.3) is 0 Å². The molecule has 1 aliphatic carbocycles. The summed E-state index contributed by atoms with van der Waals surface area (Å²) in [6, 6.07) is 0. The Hall–Kier alpha value is -0.243. The van der Waals surface area contributed by atoms with Crippen molar-refractivity contribution in [2.24, 2.45) is 11.8 Å². The van der Waals surface area contributed by atoms with Gasteiger partial charge in [-0.25, -0.2) is 0 Å². The van der Waals surface area contributed by atoms with Crippen LogP contribution >= 0.6 is 0 Å². The first-order valence-electron chi connectivity index (χ1n) is 5.70. The highest BCUT2D eigenvalue weighted by Gasteiger charge is 2.28. The molecule has 0 heterocycles. The molecule has 0 N–H and O–H groups in total. The molecule has 1 aliphatic rings. The van der Waals surface area contributed by atoms with Gasteiger partial charge in [-0.1, -0.05) is 13.8 Å². The summed E-state index contributed by atoms with van der Waals surface area (Å²) in [6.45, 7) is 13.7. The van der Waals surface area contributed by atoms with Gasteiger partial charge in [-0.05, 0) is 50.4 Å². The minimum absolute atomic E-state index is 0.762. The minimum atomic E-state index is -1.39. The van der Waals surface area contributed by atoms with E-state index in [1.165, 1.54) is 24.2 Å². The van der Waals surface area contributed by atoms with Crippen LogP contribution in [0.1, 0.15) is 33.6 Å². The first kappa shape index (κ1) is 11.8. The molecule has 0 aromatic carbocycles. The van der Waals surface area contributed by atoms with Gasteiger partial charge in [0, 0.05) is 6.42 Å². The molecule has 0 aliphatic heterocycles. The van der Waals surface area contributed by atoms with Crippen molar-refractivity contribution < 1.29 is 4.43 Å². The Morgan fingerprint density at radius 1 is 1.29 bits per heavy atom. The Bertz CT molecular complexity index is 235. The fourth-order valence-electron chi connectivity index (χ4n) is 2.24. The number of allylic oxidation sites excluding steroid dienone is 2. The van der Waals surface area contributed by atoms with Crippen LogP contribution in [-0.4, -0.2) is 8.32 Å². The van der Waals surface area contributed by atoms with Crippen LogP contribution in [0.3, 0.4) is 0 Å². The number of rotatable bonds is 3. The predicted molar refractivity (Wildman–Crippen MR) is 64.7 cm³/mol. The van der Waals surface area contributed by atoms with Crippen LogP contribution < -0.4 is 0 Å². The van der Waals surface area contributed by atoms with Gasteiger partial charge in [0.05, 0.1) is 5.76 Å². The third kappa shape index (κ3) is 2.87. The summed E-state index contributed by atoms with van der Waals surface area (Å²) in [6.07, 6.45) is 2.46. The SMILES string of the molecule is CC1=C(O[Si](C)(C)C)CCC1C(C)C. The molecule has 0 fully saturated rings. The number of hydrogen-bond acceptors (Lipinski definition) is 1. The second kappa shape index (κ2) is 4.09. The monoisotopic (exact) mass is 212 g/mol. The Morgan fingerprint density at radius 3 is 2.21 bits per heavy atom. The van der Waals surface area contributed by atoms with E-state index >= 15 is 0 Å². The molecule has 82 valence electrons. The normalized spacial score (nSPS) is 23.5. The molecule has 0 amide bonds. The molecule has 2 heteroatoms. The summed E-state index contributed by atoms with van der Waals surface area (Å²) < 4.78 is 6.11. The molecular formula is C12H24OSi. The summed E-state index contributed by atoms with van der Waals surface area (Å²) in [5.41, 5.74) is 1.52. The third-order valence-corrected chi connectivity index (χ3v) is 3.77. The first-order chi connectivity index (χ1) is 6.31. The van der Waals surface area contributed by atoms with Gasteiger partial charge in [-0.15, -0.1) is 0 Å². The van der Waals surface area contributed by atoms with Gasteiger partial charge in [0.2, 0.25) is 8.32 Å². The molecule has 0 saturated heterocycles. The van der Waals surface area contributed by atoms with E-state index in [1.807, 2.05) is 0 Å². The standard InChI is InChI=1S/C12H24OSi/c1-9(2)11-7-8-12(10(11)3)13-14(4,5)6/h9,11H,7-8H2,1-6H3. The van der Waals surface area contributed by atoms with Crippen molar-refractivity contribution in [2.45, 2.75) is 53.3 Å². The van der Waals surface area contributed by atoms with Crippen molar-refractivity contribution in [3.63, 3.8) is 0 Å². The van der Waals surface area contributed by atoms with Gasteiger partial charge >= 0.3 is 0 Å². The van der Waals surface area contributed by atoms with E-state index in [9.17, 15) is 0 Å². The molecule has 14 heavy (non-hydrogen) atoms. The van der Waals surface area contributed by atoms with Crippen LogP contribution in [0.15, 0.2) is 11.3 Å². The van der Waals surface area contributed by atoms with E-state index in [0.717, 1.165) is 11.8 Å². The highest BCUT2D eigenvalue weighted by Crippen LogP contribution is 2.37. The average molecular weight is 212 g/mol. The van der Waals surface area contributed by atoms with Crippen molar-refractivity contribution in [2.75, 3.05) is 0 Å². The molecule has 1 rings (SSSR count). The first-order valence-corrected chi connectivity index (χ1v) is 9.11. The van der Waals surface area contributed by atoms with Gasteiger partial charge < -0.3 is 4.43 Å². The fraction of sp³-hybridized carbons (Fsp3) is 0.833. The molecule has 0 radical (unpaired) electrons. The van der Waals surface area contributed by atoms with Gasteiger partial charge in [-0.3, -0.25) is 0 Å². The third-order valence-electron chi connectivity index (χ3n) is 2.91. The maximum atomic E-state index is 6.11. The van der Waals surface area contributed by atoms with E-state index in [-0.39, 0.29) is 0 Å². The second-order valence-electron chi connectivity index (χ2n) is 5.71. The lowest BCUT2D eigenvalue weighted by Crippen LogP contribution is -2.24. The molecule has 1 nitrogen and oxygen atoms in total. The lowest BCUT2D eigenvalue weighted by molar-refractivity contribution is 0.404. The summed E-state index contributed by atoms with van der Waals surface area (Å²) in [5, 5.41) is 0. The van der Waals surface area contributed by atoms with Crippen LogP contribution in [0, 0.1) is 11.8 Å². The Morgan fingerprint density at radius 2 is 1.86 bits per heavy atom. The molecule has 0 bridgehead atoms. The van der Waals surface area contributed by atoms with Gasteiger partial charge in [0.1, 0.15) is 0 Å². The van der Waals surface area contributed by atoms with Gasteiger partial charge in [0.15, 0.2) is 0 Å². The van der Waals surface area contributed by atoms with Gasteiger partial charge in [0.25, 0.3) is 0 Å². The smallest absolute Gasteiger partial charge is 0.241 e. The molecule has 1 atom stereocenters. The number of hydrogen-bond donors (Lipinski definition) is 0. The molecular weight excluding hydrogens is 188 g/mol. The molecule has 0 aromatic rings. The molecule has 0 aromatic heterocycles.